The molecule has 1 unspecified atom stereocenters. The Morgan fingerprint density at radius 3 is 2.95 bits per heavy atom. The third-order valence-electron chi connectivity index (χ3n) is 4.12. The van der Waals surface area contributed by atoms with E-state index >= 15 is 0 Å². The third-order valence-corrected chi connectivity index (χ3v) is 4.12. The van der Waals surface area contributed by atoms with Crippen LogP contribution in [-0.4, -0.2) is 42.1 Å². The number of H-pyrrole nitrogens is 1. The van der Waals surface area contributed by atoms with Gasteiger partial charge in [0.05, 0.1) is 13.2 Å². The predicted octanol–water partition coefficient (Wildman–Crippen LogP) is 1.95. The van der Waals surface area contributed by atoms with Crippen molar-refractivity contribution in [1.82, 2.24) is 9.88 Å². The molecule has 0 saturated carbocycles. The summed E-state index contributed by atoms with van der Waals surface area (Å²) in [7, 11) is 0. The molecule has 1 aromatic heterocycles. The number of hydrogen-bond acceptors (Lipinski definition) is 3. The summed E-state index contributed by atoms with van der Waals surface area (Å²) < 4.78 is 5.47. The summed E-state index contributed by atoms with van der Waals surface area (Å²) in [4.78, 5) is 29.7. The Hall–Kier alpha value is -2.14. The zero-order valence-electron chi connectivity index (χ0n) is 12.9. The van der Waals surface area contributed by atoms with Crippen molar-refractivity contribution in [2.24, 2.45) is 5.92 Å². The number of pyridine rings is 1. The number of nitrogens with zero attached hydrogens (tertiary/aromatic N) is 1. The second-order valence-corrected chi connectivity index (χ2v) is 5.93. The molecule has 0 bridgehead atoms. The summed E-state index contributed by atoms with van der Waals surface area (Å²) in [5.74, 6) is 0.0631. The van der Waals surface area contributed by atoms with E-state index in [-0.39, 0.29) is 22.9 Å². The summed E-state index contributed by atoms with van der Waals surface area (Å²) in [5, 5.41) is 0.907. The zero-order chi connectivity index (χ0) is 15.7. The maximum Gasteiger partial charge on any atom is 0.261 e. The van der Waals surface area contributed by atoms with E-state index in [9.17, 15) is 9.59 Å². The maximum atomic E-state index is 12.8. The lowest BCUT2D eigenvalue weighted by atomic mass is 10.0. The molecule has 3 rings (SSSR count). The van der Waals surface area contributed by atoms with Gasteiger partial charge in [-0.25, -0.2) is 0 Å². The normalized spacial score (nSPS) is 19.2. The molecule has 1 saturated heterocycles. The number of benzene rings is 1. The van der Waals surface area contributed by atoms with Crippen LogP contribution in [0.2, 0.25) is 0 Å². The van der Waals surface area contributed by atoms with Crippen molar-refractivity contribution >= 4 is 16.8 Å². The standard InChI is InChI=1S/C17H20N2O3/c1-11-9-19(7-8-22-10-11)17(21)15-12(2)13-5-3-4-6-14(13)18-16(15)20/h3-6,11H,7-10H2,1-2H3,(H,18,20). The van der Waals surface area contributed by atoms with Crippen molar-refractivity contribution in [1.29, 1.82) is 0 Å². The monoisotopic (exact) mass is 300 g/mol. The van der Waals surface area contributed by atoms with Crippen molar-refractivity contribution < 1.29 is 9.53 Å². The molecule has 0 aliphatic carbocycles. The second-order valence-electron chi connectivity index (χ2n) is 5.93. The van der Waals surface area contributed by atoms with Gasteiger partial charge in [-0.1, -0.05) is 25.1 Å². The summed E-state index contributed by atoms with van der Waals surface area (Å²) in [6.07, 6.45) is 0. The van der Waals surface area contributed by atoms with Crippen molar-refractivity contribution in [3.05, 3.63) is 45.7 Å². The Labute approximate surface area is 128 Å². The summed E-state index contributed by atoms with van der Waals surface area (Å²) in [6, 6.07) is 7.54. The van der Waals surface area contributed by atoms with Gasteiger partial charge < -0.3 is 14.6 Å². The van der Waals surface area contributed by atoms with Gasteiger partial charge in [-0.3, -0.25) is 9.59 Å². The Bertz CT molecular complexity index is 766. The number of carbonyl (C=O) groups is 1. The highest BCUT2D eigenvalue weighted by atomic mass is 16.5. The Morgan fingerprint density at radius 2 is 2.14 bits per heavy atom. The number of ether oxygens (including phenoxy) is 1. The SMILES string of the molecule is Cc1c(C(=O)N2CCOCC(C)C2)c(=O)[nH]c2ccccc12. The van der Waals surface area contributed by atoms with Crippen LogP contribution in [0.3, 0.4) is 0 Å². The number of aryl methyl sites for hydroxylation is 1. The van der Waals surface area contributed by atoms with Crippen molar-refractivity contribution in [3.63, 3.8) is 0 Å². The lowest BCUT2D eigenvalue weighted by Gasteiger charge is -2.22. The summed E-state index contributed by atoms with van der Waals surface area (Å²) >= 11 is 0. The predicted molar refractivity (Wildman–Crippen MR) is 85.2 cm³/mol. The van der Waals surface area contributed by atoms with Gasteiger partial charge >= 0.3 is 0 Å². The van der Waals surface area contributed by atoms with Crippen LogP contribution >= 0.6 is 0 Å². The van der Waals surface area contributed by atoms with E-state index in [1.165, 1.54) is 0 Å². The summed E-state index contributed by atoms with van der Waals surface area (Å²) in [5.41, 5.74) is 1.42. The molecule has 1 aromatic carbocycles. The van der Waals surface area contributed by atoms with E-state index in [1.807, 2.05) is 38.1 Å². The number of hydrogen-bond donors (Lipinski definition) is 1. The average molecular weight is 300 g/mol. The highest BCUT2D eigenvalue weighted by Gasteiger charge is 2.25. The molecule has 5 nitrogen and oxygen atoms in total. The van der Waals surface area contributed by atoms with Crippen LogP contribution in [0.5, 0.6) is 0 Å². The van der Waals surface area contributed by atoms with Crippen molar-refractivity contribution in [3.8, 4) is 0 Å². The molecule has 1 atom stereocenters. The third kappa shape index (κ3) is 2.64. The molecule has 2 aromatic rings. The molecule has 5 heteroatoms. The minimum atomic E-state index is -0.320. The maximum absolute atomic E-state index is 12.8. The minimum Gasteiger partial charge on any atom is -0.379 e. The molecule has 1 aliphatic rings. The Kier molecular flexibility index (Phi) is 3.98. The first-order valence-corrected chi connectivity index (χ1v) is 7.56. The van der Waals surface area contributed by atoms with E-state index in [1.54, 1.807) is 4.90 Å². The largest absolute Gasteiger partial charge is 0.379 e. The van der Waals surface area contributed by atoms with Gasteiger partial charge in [0.1, 0.15) is 5.56 Å². The van der Waals surface area contributed by atoms with Crippen LogP contribution in [0.4, 0.5) is 0 Å². The quantitative estimate of drug-likeness (QED) is 0.875. The smallest absolute Gasteiger partial charge is 0.261 e. The summed E-state index contributed by atoms with van der Waals surface area (Å²) in [6.45, 7) is 6.18. The van der Waals surface area contributed by atoms with Crippen LogP contribution in [0.15, 0.2) is 29.1 Å². The number of aromatic amines is 1. The lowest BCUT2D eigenvalue weighted by molar-refractivity contribution is 0.0736. The first kappa shape index (κ1) is 14.8. The van der Waals surface area contributed by atoms with E-state index in [0.29, 0.717) is 26.3 Å². The molecule has 2 heterocycles. The van der Waals surface area contributed by atoms with Crippen LogP contribution in [0, 0.1) is 12.8 Å². The minimum absolute atomic E-state index is 0.207. The number of fused-ring (bicyclic) bond motifs is 1. The molecule has 0 spiro atoms. The first-order valence-electron chi connectivity index (χ1n) is 7.56. The van der Waals surface area contributed by atoms with E-state index in [0.717, 1.165) is 16.5 Å². The molecule has 0 radical (unpaired) electrons. The van der Waals surface area contributed by atoms with Gasteiger partial charge in [-0.2, -0.15) is 0 Å². The molecule has 22 heavy (non-hydrogen) atoms. The van der Waals surface area contributed by atoms with Crippen LogP contribution < -0.4 is 5.56 Å². The Balaban J connectivity index is 2.05. The molecular weight excluding hydrogens is 280 g/mol. The lowest BCUT2D eigenvalue weighted by Crippen LogP contribution is -2.38. The number of rotatable bonds is 1. The van der Waals surface area contributed by atoms with Crippen LogP contribution in [0.1, 0.15) is 22.8 Å². The van der Waals surface area contributed by atoms with E-state index < -0.39 is 0 Å². The molecule has 1 fully saturated rings. The van der Waals surface area contributed by atoms with Crippen LogP contribution in [-0.2, 0) is 4.74 Å². The van der Waals surface area contributed by atoms with Gasteiger partial charge in [0.2, 0.25) is 0 Å². The molecule has 1 amide bonds. The first-order chi connectivity index (χ1) is 10.6. The van der Waals surface area contributed by atoms with Gasteiger partial charge in [-0.05, 0) is 24.5 Å². The molecule has 1 N–H and O–H groups in total. The van der Waals surface area contributed by atoms with Gasteiger partial charge in [0.15, 0.2) is 0 Å². The number of carbonyl (C=O) groups excluding carboxylic acids is 1. The van der Waals surface area contributed by atoms with Gasteiger partial charge in [0.25, 0.3) is 11.5 Å². The molecule has 1 aliphatic heterocycles. The van der Waals surface area contributed by atoms with Crippen molar-refractivity contribution in [2.45, 2.75) is 13.8 Å². The highest BCUT2D eigenvalue weighted by molar-refractivity contribution is 5.99. The van der Waals surface area contributed by atoms with Crippen LogP contribution in [0.25, 0.3) is 10.9 Å². The van der Waals surface area contributed by atoms with E-state index in [2.05, 4.69) is 4.98 Å². The second kappa shape index (κ2) is 5.93. The van der Waals surface area contributed by atoms with Gasteiger partial charge in [-0.15, -0.1) is 0 Å². The van der Waals surface area contributed by atoms with Crippen molar-refractivity contribution in [2.75, 3.05) is 26.3 Å². The number of amides is 1. The topological polar surface area (TPSA) is 62.4 Å². The van der Waals surface area contributed by atoms with Gasteiger partial charge in [0, 0.05) is 24.0 Å². The van der Waals surface area contributed by atoms with E-state index in [4.69, 9.17) is 4.74 Å². The fourth-order valence-corrected chi connectivity index (χ4v) is 2.99. The molecular formula is C17H20N2O3. The average Bonchev–Trinajstić information content (AvgIpc) is 2.72. The fraction of sp³-hybridized carbons (Fsp3) is 0.412. The number of aromatic nitrogens is 1. The fourth-order valence-electron chi connectivity index (χ4n) is 2.99. The number of nitrogens with one attached hydrogen (secondary N) is 1. The molecule has 116 valence electrons. The highest BCUT2D eigenvalue weighted by Crippen LogP contribution is 2.19. The Morgan fingerprint density at radius 1 is 1.36 bits per heavy atom. The zero-order valence-corrected chi connectivity index (χ0v) is 12.9. The number of para-hydroxylation sites is 1.